The molecule has 0 fully saturated rings. The van der Waals surface area contributed by atoms with Gasteiger partial charge < -0.3 is 9.26 Å². The molecule has 8 nitrogen and oxygen atoms in total. The molecular weight excluding hydrogens is 372 g/mol. The summed E-state index contributed by atoms with van der Waals surface area (Å²) in [4.78, 5) is 33.0. The third-order valence-corrected chi connectivity index (χ3v) is 4.48. The smallest absolute Gasteiger partial charge is 0.326 e. The van der Waals surface area contributed by atoms with Crippen LogP contribution in [0.25, 0.3) is 22.3 Å². The molecule has 146 valence electrons. The van der Waals surface area contributed by atoms with Crippen LogP contribution in [0.1, 0.15) is 18.4 Å². The highest BCUT2D eigenvalue weighted by molar-refractivity contribution is 5.77. The number of ether oxygens (including phenoxy) is 1. The van der Waals surface area contributed by atoms with Gasteiger partial charge in [0.15, 0.2) is 6.61 Å². The first-order valence-electron chi connectivity index (χ1n) is 9.15. The van der Waals surface area contributed by atoms with Crippen LogP contribution in [0.4, 0.5) is 0 Å². The third kappa shape index (κ3) is 4.06. The van der Waals surface area contributed by atoms with E-state index in [1.165, 1.54) is 16.5 Å². The van der Waals surface area contributed by atoms with Crippen LogP contribution < -0.4 is 5.56 Å². The van der Waals surface area contributed by atoms with E-state index in [9.17, 15) is 9.59 Å². The fourth-order valence-electron chi connectivity index (χ4n) is 2.87. The summed E-state index contributed by atoms with van der Waals surface area (Å²) in [5.74, 6) is 0.00165. The molecule has 2 heterocycles. The topological polar surface area (TPSA) is 100 Å². The lowest BCUT2D eigenvalue weighted by Crippen LogP contribution is -2.25. The molecule has 0 atom stereocenters. The van der Waals surface area contributed by atoms with Crippen LogP contribution in [0, 0.1) is 0 Å². The van der Waals surface area contributed by atoms with Crippen LogP contribution in [0.5, 0.6) is 0 Å². The summed E-state index contributed by atoms with van der Waals surface area (Å²) in [5.41, 5.74) is 2.30. The van der Waals surface area contributed by atoms with Gasteiger partial charge in [-0.2, -0.15) is 4.98 Å². The zero-order chi connectivity index (χ0) is 20.2. The number of aromatic nitrogens is 4. The molecule has 0 bridgehead atoms. The van der Waals surface area contributed by atoms with Gasteiger partial charge in [0.25, 0.3) is 11.4 Å². The summed E-state index contributed by atoms with van der Waals surface area (Å²) in [7, 11) is 0. The molecule has 0 saturated heterocycles. The summed E-state index contributed by atoms with van der Waals surface area (Å²) in [6.45, 7) is 1.66. The zero-order valence-corrected chi connectivity index (χ0v) is 15.7. The lowest BCUT2D eigenvalue weighted by Gasteiger charge is -2.06. The van der Waals surface area contributed by atoms with E-state index in [1.807, 2.05) is 24.3 Å². The average Bonchev–Trinajstić information content (AvgIpc) is 3.24. The molecule has 0 unspecified atom stereocenters. The Kier molecular flexibility index (Phi) is 5.15. The van der Waals surface area contributed by atoms with Gasteiger partial charge in [0.05, 0.1) is 17.2 Å². The van der Waals surface area contributed by atoms with E-state index in [1.54, 1.807) is 24.3 Å². The van der Waals surface area contributed by atoms with Crippen LogP contribution in [0.15, 0.2) is 64.2 Å². The Bertz CT molecular complexity index is 1210. The molecule has 4 rings (SSSR count). The van der Waals surface area contributed by atoms with Crippen molar-refractivity contribution in [2.45, 2.75) is 26.5 Å². The van der Waals surface area contributed by atoms with Crippen LogP contribution in [0.2, 0.25) is 0 Å². The Hall–Kier alpha value is -3.81. The molecule has 0 aliphatic heterocycles. The Morgan fingerprint density at radius 3 is 2.72 bits per heavy atom. The number of fused-ring (bicyclic) bond motifs is 1. The van der Waals surface area contributed by atoms with E-state index >= 15 is 0 Å². The molecule has 2 aromatic carbocycles. The van der Waals surface area contributed by atoms with E-state index in [4.69, 9.17) is 9.26 Å². The predicted molar refractivity (Wildman–Crippen MR) is 105 cm³/mol. The molecule has 29 heavy (non-hydrogen) atoms. The van der Waals surface area contributed by atoms with Crippen molar-refractivity contribution in [2.75, 3.05) is 0 Å². The number of esters is 1. The third-order valence-electron chi connectivity index (χ3n) is 4.48. The lowest BCUT2D eigenvalue weighted by molar-refractivity contribution is -0.146. The SMILES string of the molecule is CCc1ccc(-c2noc(COC(=O)Cn3cnc4ccccc4c3=O)n2)cc1. The van der Waals surface area contributed by atoms with Gasteiger partial charge in [0.2, 0.25) is 5.82 Å². The second kappa shape index (κ2) is 8.05. The van der Waals surface area contributed by atoms with Crippen molar-refractivity contribution in [1.29, 1.82) is 0 Å². The number of aryl methyl sites for hydroxylation is 1. The Labute approximate surface area is 165 Å². The first-order chi connectivity index (χ1) is 14.1. The van der Waals surface area contributed by atoms with E-state index in [0.29, 0.717) is 16.7 Å². The van der Waals surface area contributed by atoms with Gasteiger partial charge in [-0.05, 0) is 24.1 Å². The second-order valence-corrected chi connectivity index (χ2v) is 6.42. The number of para-hydroxylation sites is 1. The maximum absolute atomic E-state index is 12.4. The van der Waals surface area contributed by atoms with Gasteiger partial charge in [-0.25, -0.2) is 4.98 Å². The van der Waals surface area contributed by atoms with Gasteiger partial charge >= 0.3 is 5.97 Å². The van der Waals surface area contributed by atoms with Crippen molar-refractivity contribution in [2.24, 2.45) is 0 Å². The Balaban J connectivity index is 1.39. The summed E-state index contributed by atoms with van der Waals surface area (Å²) in [5, 5.41) is 4.35. The quantitative estimate of drug-likeness (QED) is 0.467. The molecule has 0 N–H and O–H groups in total. The fourth-order valence-corrected chi connectivity index (χ4v) is 2.87. The number of carbonyl (C=O) groups is 1. The molecule has 0 radical (unpaired) electrons. The van der Waals surface area contributed by atoms with Gasteiger partial charge in [-0.3, -0.25) is 14.2 Å². The maximum Gasteiger partial charge on any atom is 0.326 e. The summed E-state index contributed by atoms with van der Waals surface area (Å²) in [6, 6.07) is 14.8. The Morgan fingerprint density at radius 2 is 1.93 bits per heavy atom. The number of carbonyl (C=O) groups excluding carboxylic acids is 1. The van der Waals surface area contributed by atoms with Crippen molar-refractivity contribution in [3.8, 4) is 11.4 Å². The first-order valence-corrected chi connectivity index (χ1v) is 9.15. The number of nitrogens with zero attached hydrogens (tertiary/aromatic N) is 4. The van der Waals surface area contributed by atoms with Gasteiger partial charge in [0, 0.05) is 5.56 Å². The highest BCUT2D eigenvalue weighted by Crippen LogP contribution is 2.17. The van der Waals surface area contributed by atoms with Crippen LogP contribution >= 0.6 is 0 Å². The van der Waals surface area contributed by atoms with Crippen LogP contribution in [-0.2, 0) is 29.1 Å². The number of benzene rings is 2. The van der Waals surface area contributed by atoms with Crippen molar-refractivity contribution in [3.63, 3.8) is 0 Å². The van der Waals surface area contributed by atoms with Crippen molar-refractivity contribution < 1.29 is 14.1 Å². The molecule has 0 amide bonds. The van der Waals surface area contributed by atoms with Gasteiger partial charge in [0.1, 0.15) is 6.54 Å². The average molecular weight is 390 g/mol. The molecule has 2 aromatic heterocycles. The summed E-state index contributed by atoms with van der Waals surface area (Å²) >= 11 is 0. The summed E-state index contributed by atoms with van der Waals surface area (Å²) in [6.07, 6.45) is 2.28. The minimum atomic E-state index is -0.601. The number of hydrogen-bond acceptors (Lipinski definition) is 7. The first kappa shape index (κ1) is 18.5. The molecule has 0 aliphatic rings. The normalized spacial score (nSPS) is 10.9. The predicted octanol–water partition coefficient (Wildman–Crippen LogP) is 2.75. The molecule has 8 heteroatoms. The van der Waals surface area contributed by atoms with Gasteiger partial charge in [-0.1, -0.05) is 48.5 Å². The highest BCUT2D eigenvalue weighted by Gasteiger charge is 2.13. The van der Waals surface area contributed by atoms with E-state index < -0.39 is 5.97 Å². The molecule has 0 spiro atoms. The summed E-state index contributed by atoms with van der Waals surface area (Å²) < 4.78 is 11.5. The fraction of sp³-hybridized carbons (Fsp3) is 0.190. The van der Waals surface area contributed by atoms with E-state index in [0.717, 1.165) is 12.0 Å². The maximum atomic E-state index is 12.4. The molecule has 0 aliphatic carbocycles. The minimum Gasteiger partial charge on any atom is -0.454 e. The monoisotopic (exact) mass is 390 g/mol. The molecular formula is C21H18N4O4. The van der Waals surface area contributed by atoms with E-state index in [-0.39, 0.29) is 24.6 Å². The largest absolute Gasteiger partial charge is 0.454 e. The zero-order valence-electron chi connectivity index (χ0n) is 15.7. The highest BCUT2D eigenvalue weighted by atomic mass is 16.6. The van der Waals surface area contributed by atoms with E-state index in [2.05, 4.69) is 22.0 Å². The Morgan fingerprint density at radius 1 is 1.14 bits per heavy atom. The van der Waals surface area contributed by atoms with Crippen molar-refractivity contribution in [1.82, 2.24) is 19.7 Å². The molecule has 4 aromatic rings. The van der Waals surface area contributed by atoms with Crippen LogP contribution in [-0.4, -0.2) is 25.7 Å². The lowest BCUT2D eigenvalue weighted by atomic mass is 10.1. The number of hydrogen-bond donors (Lipinski definition) is 0. The van der Waals surface area contributed by atoms with Crippen molar-refractivity contribution >= 4 is 16.9 Å². The number of rotatable bonds is 6. The van der Waals surface area contributed by atoms with Crippen molar-refractivity contribution in [3.05, 3.63) is 76.7 Å². The second-order valence-electron chi connectivity index (χ2n) is 6.42. The molecule has 0 saturated carbocycles. The standard InChI is InChI=1S/C21H18N4O4/c1-2-14-7-9-15(10-8-14)20-23-18(29-24-20)12-28-19(26)11-25-13-22-17-6-4-3-5-16(17)21(25)27/h3-10,13H,2,11-12H2,1H3. The van der Waals surface area contributed by atoms with Crippen LogP contribution in [0.3, 0.4) is 0 Å². The minimum absolute atomic E-state index is 0.172. The van der Waals surface area contributed by atoms with Gasteiger partial charge in [-0.15, -0.1) is 0 Å².